The van der Waals surface area contributed by atoms with Gasteiger partial charge in [-0.1, -0.05) is 13.5 Å². The second-order valence-corrected chi connectivity index (χ2v) is 5.82. The van der Waals surface area contributed by atoms with Crippen molar-refractivity contribution < 1.29 is 34.5 Å². The van der Waals surface area contributed by atoms with Gasteiger partial charge < -0.3 is 26.0 Å². The Kier molecular flexibility index (Phi) is 11.2. The monoisotopic (exact) mass is 400 g/mol. The number of amides is 1. The molecule has 5 N–H and O–H groups in total. The number of carbonyl (C=O) groups is 4. The van der Waals surface area contributed by atoms with Gasteiger partial charge in [-0.2, -0.15) is 0 Å². The summed E-state index contributed by atoms with van der Waals surface area (Å²) in [4.78, 5) is 46.3. The van der Waals surface area contributed by atoms with Crippen LogP contribution in [0.25, 0.3) is 0 Å². The summed E-state index contributed by atoms with van der Waals surface area (Å²) < 4.78 is 0. The molecule has 28 heavy (non-hydrogen) atoms. The highest BCUT2D eigenvalue weighted by Gasteiger charge is 2.30. The number of ketones is 1. The molecule has 1 aliphatic carbocycles. The predicted molar refractivity (Wildman–Crippen MR) is 101 cm³/mol. The Morgan fingerprint density at radius 3 is 1.86 bits per heavy atom. The second kappa shape index (κ2) is 12.5. The molecule has 0 heterocycles. The maximum Gasteiger partial charge on any atom is 0.317 e. The van der Waals surface area contributed by atoms with Crippen molar-refractivity contribution in [3.05, 3.63) is 23.6 Å². The number of aliphatic hydroxyl groups is 1. The molecule has 0 saturated carbocycles. The number of carboxylic acid groups (broad SMARTS) is 2. The van der Waals surface area contributed by atoms with Gasteiger partial charge in [0.25, 0.3) is 0 Å². The van der Waals surface area contributed by atoms with Crippen LogP contribution in [0.15, 0.2) is 23.6 Å². The third kappa shape index (κ3) is 8.64. The Morgan fingerprint density at radius 2 is 1.50 bits per heavy atom. The number of likely N-dealkylation sites (N-methyl/N-ethyl adjacent to an activating group) is 3. The minimum absolute atomic E-state index is 0.0116. The predicted octanol–water partition coefficient (Wildman–Crippen LogP) is -1.36. The molecule has 0 aromatic rings. The molecule has 0 aliphatic heterocycles. The number of rotatable bonds is 11. The van der Waals surface area contributed by atoms with Gasteiger partial charge in [-0.3, -0.25) is 29.0 Å². The average molecular weight is 400 g/mol. The molecule has 11 heteroatoms. The molecule has 1 rings (SSSR count). The molecule has 1 aliphatic rings. The largest absolute Gasteiger partial charge is 0.505 e. The molecule has 0 aromatic heterocycles. The van der Waals surface area contributed by atoms with Crippen LogP contribution in [0.4, 0.5) is 0 Å². The van der Waals surface area contributed by atoms with Gasteiger partial charge in [-0.15, -0.1) is 0 Å². The lowest BCUT2D eigenvalue weighted by Crippen LogP contribution is -2.43. The highest BCUT2D eigenvalue weighted by atomic mass is 16.4. The van der Waals surface area contributed by atoms with Crippen LogP contribution in [0, 0.1) is 0 Å². The summed E-state index contributed by atoms with van der Waals surface area (Å²) in [6.45, 7) is 6.04. The van der Waals surface area contributed by atoms with Crippen LogP contribution in [0.2, 0.25) is 0 Å². The van der Waals surface area contributed by atoms with Gasteiger partial charge in [0.15, 0.2) is 5.76 Å². The maximum atomic E-state index is 11.2. The Balaban J connectivity index is 0.000000668. The van der Waals surface area contributed by atoms with Gasteiger partial charge in [-0.05, 0) is 6.54 Å². The van der Waals surface area contributed by atoms with Crippen molar-refractivity contribution in [1.82, 2.24) is 20.4 Å². The van der Waals surface area contributed by atoms with Crippen LogP contribution < -0.4 is 10.6 Å². The number of hydrogen-bond acceptors (Lipinski definition) is 8. The van der Waals surface area contributed by atoms with E-state index in [-0.39, 0.29) is 48.4 Å². The molecule has 0 aromatic carbocycles. The first-order valence-corrected chi connectivity index (χ1v) is 8.51. The Bertz CT molecular complexity index is 645. The van der Waals surface area contributed by atoms with Gasteiger partial charge >= 0.3 is 11.9 Å². The van der Waals surface area contributed by atoms with E-state index in [1.807, 2.05) is 6.92 Å². The summed E-state index contributed by atoms with van der Waals surface area (Å²) in [5.41, 5.74) is 0.458. The van der Waals surface area contributed by atoms with Crippen molar-refractivity contribution in [3.8, 4) is 0 Å². The van der Waals surface area contributed by atoms with Gasteiger partial charge in [0.2, 0.25) is 11.7 Å². The minimum Gasteiger partial charge on any atom is -0.505 e. The maximum absolute atomic E-state index is 11.2. The van der Waals surface area contributed by atoms with Crippen LogP contribution in [0.3, 0.4) is 0 Å². The third-order valence-corrected chi connectivity index (χ3v) is 3.82. The number of aliphatic hydroxyl groups excluding tert-OH is 1. The van der Waals surface area contributed by atoms with E-state index in [0.717, 1.165) is 0 Å². The van der Waals surface area contributed by atoms with E-state index in [2.05, 4.69) is 17.2 Å². The molecule has 158 valence electrons. The molecule has 0 unspecified atom stereocenters. The fourth-order valence-corrected chi connectivity index (χ4v) is 2.20. The average Bonchev–Trinajstić information content (AvgIpc) is 2.64. The van der Waals surface area contributed by atoms with Crippen LogP contribution in [-0.4, -0.2) is 102 Å². The number of carbonyl (C=O) groups excluding carboxylic acids is 2. The minimum atomic E-state index is -1.02. The molecule has 11 nitrogen and oxygen atoms in total. The van der Waals surface area contributed by atoms with Crippen molar-refractivity contribution in [2.75, 3.05) is 53.4 Å². The number of nitrogens with one attached hydrogen (secondary N) is 2. The zero-order chi connectivity index (χ0) is 21.9. The lowest BCUT2D eigenvalue weighted by molar-refractivity contribution is -0.140. The quantitative estimate of drug-likeness (QED) is 0.262. The number of hydrogen-bond donors (Lipinski definition) is 5. The Morgan fingerprint density at radius 1 is 1.00 bits per heavy atom. The molecule has 0 radical (unpaired) electrons. The fraction of sp³-hybridized carbons (Fsp3) is 0.529. The Hall–Kier alpha value is -2.92. The van der Waals surface area contributed by atoms with Crippen molar-refractivity contribution in [2.24, 2.45) is 0 Å². The van der Waals surface area contributed by atoms with Gasteiger partial charge in [0.1, 0.15) is 5.70 Å². The third-order valence-electron chi connectivity index (χ3n) is 3.82. The lowest BCUT2D eigenvalue weighted by Gasteiger charge is -2.24. The van der Waals surface area contributed by atoms with E-state index in [4.69, 9.17) is 15.3 Å². The summed E-state index contributed by atoms with van der Waals surface area (Å²) in [5.74, 6) is -2.44. The van der Waals surface area contributed by atoms with Crippen LogP contribution in [0.5, 0.6) is 0 Å². The Labute approximate surface area is 163 Å². The van der Waals surface area contributed by atoms with Crippen molar-refractivity contribution >= 4 is 23.6 Å². The van der Waals surface area contributed by atoms with E-state index in [1.165, 1.54) is 11.9 Å². The summed E-state index contributed by atoms with van der Waals surface area (Å²) in [7, 11) is 3.06. The van der Waals surface area contributed by atoms with E-state index in [0.29, 0.717) is 19.6 Å². The van der Waals surface area contributed by atoms with Crippen molar-refractivity contribution in [3.63, 3.8) is 0 Å². The summed E-state index contributed by atoms with van der Waals surface area (Å²) in [5, 5.41) is 31.3. The van der Waals surface area contributed by atoms with E-state index >= 15 is 0 Å². The van der Waals surface area contributed by atoms with Gasteiger partial charge in [-0.25, -0.2) is 0 Å². The zero-order valence-corrected chi connectivity index (χ0v) is 16.3. The highest BCUT2D eigenvalue weighted by molar-refractivity contribution is 6.18. The molecule has 0 atom stereocenters. The van der Waals surface area contributed by atoms with Gasteiger partial charge in [0.05, 0.1) is 25.2 Å². The van der Waals surface area contributed by atoms with Crippen LogP contribution >= 0.6 is 0 Å². The first-order valence-electron chi connectivity index (χ1n) is 8.51. The molecular weight excluding hydrogens is 372 g/mol. The standard InChI is InChI=1S/C11H21N3O5.C6H7NO2/c1-3-13(7-10(16)17)4-5-14(8-11(18)19)6-9(15)12-2;1-3-5(8)4(7-2)6(3)9/h3-8H2,1-2H3,(H,12,15)(H,16,17)(H,18,19);7-8H,1H2,2H3. The molecule has 0 bridgehead atoms. The fourth-order valence-electron chi connectivity index (χ4n) is 2.20. The molecule has 0 saturated heterocycles. The van der Waals surface area contributed by atoms with E-state index in [1.54, 1.807) is 11.9 Å². The number of aliphatic carboxylic acids is 2. The first kappa shape index (κ1) is 25.1. The number of allylic oxidation sites excluding steroid dienone is 2. The topological polar surface area (TPSA) is 160 Å². The molecule has 0 spiro atoms. The summed E-state index contributed by atoms with van der Waals surface area (Å²) in [6.07, 6.45) is 0. The number of Topliss-reactive ketones (excluding diaryl/α,β-unsaturated/α-hetero) is 1. The summed E-state index contributed by atoms with van der Waals surface area (Å²) in [6, 6.07) is 0. The van der Waals surface area contributed by atoms with Crippen molar-refractivity contribution in [2.45, 2.75) is 6.92 Å². The smallest absolute Gasteiger partial charge is 0.317 e. The van der Waals surface area contributed by atoms with Crippen LogP contribution in [0.1, 0.15) is 6.92 Å². The molecular formula is C17H28N4O7. The number of carboxylic acids is 2. The van der Waals surface area contributed by atoms with Crippen molar-refractivity contribution in [1.29, 1.82) is 0 Å². The van der Waals surface area contributed by atoms with Gasteiger partial charge in [0, 0.05) is 27.2 Å². The SMILES string of the molecule is C=C1C(=O)C(NC)=C1O.CCN(CCN(CC(=O)O)CC(=O)NC)CC(=O)O. The molecule has 0 fully saturated rings. The normalized spacial score (nSPS) is 13.0. The lowest BCUT2D eigenvalue weighted by atomic mass is 9.96. The second-order valence-electron chi connectivity index (χ2n) is 5.82. The zero-order valence-electron chi connectivity index (χ0n) is 16.3. The number of nitrogens with zero attached hydrogens (tertiary/aromatic N) is 2. The summed E-state index contributed by atoms with van der Waals surface area (Å²) >= 11 is 0. The van der Waals surface area contributed by atoms with E-state index in [9.17, 15) is 19.2 Å². The highest BCUT2D eigenvalue weighted by Crippen LogP contribution is 2.23. The molecule has 1 amide bonds. The van der Waals surface area contributed by atoms with Crippen LogP contribution in [-0.2, 0) is 19.2 Å². The first-order chi connectivity index (χ1) is 13.1. The van der Waals surface area contributed by atoms with E-state index < -0.39 is 11.9 Å².